The number of ether oxygens (including phenoxy) is 7. The van der Waals surface area contributed by atoms with E-state index in [2.05, 4.69) is 0 Å². The van der Waals surface area contributed by atoms with E-state index in [1.807, 2.05) is 91.0 Å². The molecule has 0 amide bonds. The zero-order valence-electron chi connectivity index (χ0n) is 28.4. The first kappa shape index (κ1) is 35.6. The van der Waals surface area contributed by atoms with Crippen LogP contribution < -0.4 is 0 Å². The average Bonchev–Trinajstić information content (AvgIpc) is 3.60. The van der Waals surface area contributed by atoms with Gasteiger partial charge in [-0.3, -0.25) is 4.84 Å². The van der Waals surface area contributed by atoms with Gasteiger partial charge in [0.05, 0.1) is 47.8 Å². The monoisotopic (exact) mass is 691 g/mol. The Kier molecular flexibility index (Phi) is 10.6. The topological polar surface area (TPSA) is 138 Å². The minimum absolute atomic E-state index is 0.0420. The number of nitrogens with zero attached hydrogens (tertiary/aromatic N) is 1. The van der Waals surface area contributed by atoms with Crippen LogP contribution in [0.4, 0.5) is 0 Å². The summed E-state index contributed by atoms with van der Waals surface area (Å²) in [5, 5.41) is 0.956. The number of benzene rings is 3. The molecule has 0 unspecified atom stereocenters. The van der Waals surface area contributed by atoms with Crippen molar-refractivity contribution in [3.8, 4) is 0 Å². The number of hydroxylamine groups is 2. The van der Waals surface area contributed by atoms with Crippen molar-refractivity contribution in [1.29, 1.82) is 0 Å². The van der Waals surface area contributed by atoms with E-state index in [0.717, 1.165) is 36.1 Å². The summed E-state index contributed by atoms with van der Waals surface area (Å²) >= 11 is 0. The SMILES string of the molecule is COC(=O)C1(C(=O)OC)ON2O[C@](C)(C(=O)OC)C[C@@]23[C@@H]1O[C@H](COCc1ccccc1)[C@H](OCc1ccccc1)[C@@H]3OCc1ccccc1. The highest BCUT2D eigenvalue weighted by Crippen LogP contribution is 2.58. The lowest BCUT2D eigenvalue weighted by Gasteiger charge is -2.51. The van der Waals surface area contributed by atoms with E-state index in [9.17, 15) is 14.4 Å². The number of rotatable bonds is 13. The fraction of sp³-hybridized carbons (Fsp3) is 0.432. The maximum absolute atomic E-state index is 13.7. The Morgan fingerprint density at radius 3 is 1.72 bits per heavy atom. The molecule has 6 rings (SSSR count). The maximum atomic E-state index is 13.7. The van der Waals surface area contributed by atoms with Crippen LogP contribution in [0.5, 0.6) is 0 Å². The molecule has 50 heavy (non-hydrogen) atoms. The van der Waals surface area contributed by atoms with Crippen LogP contribution in [0, 0.1) is 0 Å². The van der Waals surface area contributed by atoms with Crippen molar-refractivity contribution in [2.75, 3.05) is 27.9 Å². The lowest BCUT2D eigenvalue weighted by atomic mass is 9.69. The molecule has 13 nitrogen and oxygen atoms in total. The summed E-state index contributed by atoms with van der Waals surface area (Å²) in [4.78, 5) is 53.1. The van der Waals surface area contributed by atoms with Crippen molar-refractivity contribution in [3.05, 3.63) is 108 Å². The minimum atomic E-state index is -2.52. The lowest BCUT2D eigenvalue weighted by Crippen LogP contribution is -2.73. The van der Waals surface area contributed by atoms with E-state index in [4.69, 9.17) is 42.8 Å². The van der Waals surface area contributed by atoms with Crippen LogP contribution in [0.2, 0.25) is 0 Å². The Morgan fingerprint density at radius 1 is 0.700 bits per heavy atom. The van der Waals surface area contributed by atoms with Gasteiger partial charge in [-0.15, -0.1) is 0 Å². The molecule has 0 aliphatic carbocycles. The van der Waals surface area contributed by atoms with E-state index < -0.39 is 59.1 Å². The zero-order chi connectivity index (χ0) is 35.4. The third-order valence-electron chi connectivity index (χ3n) is 9.31. The van der Waals surface area contributed by atoms with Gasteiger partial charge in [-0.05, 0) is 23.6 Å². The predicted molar refractivity (Wildman–Crippen MR) is 173 cm³/mol. The van der Waals surface area contributed by atoms with E-state index in [1.165, 1.54) is 14.0 Å². The lowest BCUT2D eigenvalue weighted by molar-refractivity contribution is -0.401. The highest BCUT2D eigenvalue weighted by molar-refractivity contribution is 6.05. The first-order valence-electron chi connectivity index (χ1n) is 16.2. The molecular weight excluding hydrogens is 650 g/mol. The molecule has 0 N–H and O–H groups in total. The second kappa shape index (κ2) is 15.0. The van der Waals surface area contributed by atoms with Gasteiger partial charge in [-0.1, -0.05) is 96.2 Å². The van der Waals surface area contributed by atoms with Gasteiger partial charge >= 0.3 is 23.5 Å². The van der Waals surface area contributed by atoms with Crippen molar-refractivity contribution in [1.82, 2.24) is 5.23 Å². The van der Waals surface area contributed by atoms with Crippen LogP contribution in [0.3, 0.4) is 0 Å². The Balaban J connectivity index is 1.48. The molecule has 3 fully saturated rings. The van der Waals surface area contributed by atoms with Crippen molar-refractivity contribution < 1.29 is 57.2 Å². The molecule has 0 bridgehead atoms. The summed E-state index contributed by atoms with van der Waals surface area (Å²) in [6.45, 7) is 1.94. The van der Waals surface area contributed by atoms with Gasteiger partial charge in [-0.25, -0.2) is 19.2 Å². The van der Waals surface area contributed by atoms with Gasteiger partial charge in [0.15, 0.2) is 5.60 Å². The Hall–Kier alpha value is -4.21. The normalized spacial score (nSPS) is 28.3. The fourth-order valence-corrected chi connectivity index (χ4v) is 6.99. The molecule has 0 radical (unpaired) electrons. The smallest absolute Gasteiger partial charge is 0.355 e. The number of methoxy groups -OCH3 is 3. The minimum Gasteiger partial charge on any atom is -0.467 e. The van der Waals surface area contributed by atoms with E-state index in [0.29, 0.717) is 0 Å². The van der Waals surface area contributed by atoms with Crippen molar-refractivity contribution in [3.63, 3.8) is 0 Å². The molecule has 3 aromatic rings. The van der Waals surface area contributed by atoms with Gasteiger partial charge in [0.1, 0.15) is 30.0 Å². The van der Waals surface area contributed by atoms with E-state index in [1.54, 1.807) is 0 Å². The largest absolute Gasteiger partial charge is 0.467 e. The van der Waals surface area contributed by atoms with Gasteiger partial charge < -0.3 is 33.2 Å². The molecule has 3 aliphatic heterocycles. The number of carbonyl (C=O) groups is 3. The zero-order valence-corrected chi connectivity index (χ0v) is 28.4. The number of esters is 3. The molecule has 266 valence electrons. The van der Waals surface area contributed by atoms with Crippen LogP contribution in [-0.2, 0) is 77.0 Å². The maximum Gasteiger partial charge on any atom is 0.355 e. The highest BCUT2D eigenvalue weighted by atomic mass is 17.0. The first-order valence-corrected chi connectivity index (χ1v) is 16.2. The molecule has 3 saturated heterocycles. The summed E-state index contributed by atoms with van der Waals surface area (Å²) in [5.74, 6) is -2.91. The van der Waals surface area contributed by atoms with Crippen LogP contribution in [-0.4, -0.2) is 92.2 Å². The Bertz CT molecular complexity index is 1610. The molecule has 1 spiro atoms. The van der Waals surface area contributed by atoms with Gasteiger partial charge in [0.2, 0.25) is 0 Å². The van der Waals surface area contributed by atoms with Crippen molar-refractivity contribution >= 4 is 17.9 Å². The van der Waals surface area contributed by atoms with Crippen molar-refractivity contribution in [2.45, 2.75) is 74.3 Å². The number of hydrogen-bond donors (Lipinski definition) is 0. The van der Waals surface area contributed by atoms with Crippen LogP contribution in [0.25, 0.3) is 0 Å². The second-order valence-electron chi connectivity index (χ2n) is 12.6. The summed E-state index contributed by atoms with van der Waals surface area (Å²) < 4.78 is 41.8. The predicted octanol–water partition coefficient (Wildman–Crippen LogP) is 3.48. The Labute approximate surface area is 290 Å². The quantitative estimate of drug-likeness (QED) is 0.147. The molecular formula is C37H41NO12. The van der Waals surface area contributed by atoms with E-state index in [-0.39, 0.29) is 32.8 Å². The molecule has 13 heteroatoms. The van der Waals surface area contributed by atoms with Crippen molar-refractivity contribution in [2.24, 2.45) is 0 Å². The van der Waals surface area contributed by atoms with Crippen LogP contribution in [0.1, 0.15) is 30.0 Å². The number of carbonyl (C=O) groups excluding carboxylic acids is 3. The summed E-state index contributed by atoms with van der Waals surface area (Å²) in [7, 11) is 3.46. The second-order valence-corrected chi connectivity index (χ2v) is 12.6. The van der Waals surface area contributed by atoms with Crippen LogP contribution >= 0.6 is 0 Å². The van der Waals surface area contributed by atoms with Gasteiger partial charge in [-0.2, -0.15) is 0 Å². The summed E-state index contributed by atoms with van der Waals surface area (Å²) in [5.41, 5.74) is -3.21. The van der Waals surface area contributed by atoms with Gasteiger partial charge in [0, 0.05) is 6.42 Å². The molecule has 3 aromatic carbocycles. The standard InChI is InChI=1S/C37H41NO12/c1-35(32(39)42-2)24-36-30(47-22-27-18-12-7-13-19-27)29(46-21-26-16-10-6-11-17-26)28(23-45-20-25-14-8-5-9-15-25)48-31(36)37(33(40)43-3,34(41)44-4)50-38(36)49-35/h5-19,28-31H,20-24H2,1-4H3/t28-,29+,30+,31+,35+,36-/m1/s1. The third-order valence-corrected chi connectivity index (χ3v) is 9.31. The molecule has 0 aromatic heterocycles. The molecule has 3 aliphatic rings. The average molecular weight is 692 g/mol. The molecule has 0 saturated carbocycles. The Morgan fingerprint density at radius 2 is 1.20 bits per heavy atom. The first-order chi connectivity index (χ1) is 24.2. The fourth-order valence-electron chi connectivity index (χ4n) is 6.99. The third kappa shape index (κ3) is 6.42. The number of hydrogen-bond acceptors (Lipinski definition) is 13. The highest BCUT2D eigenvalue weighted by Gasteiger charge is 2.83. The van der Waals surface area contributed by atoms with E-state index >= 15 is 0 Å². The summed E-state index contributed by atoms with van der Waals surface area (Å²) in [6.07, 6.45) is -4.65. The van der Waals surface area contributed by atoms with Crippen LogP contribution in [0.15, 0.2) is 91.0 Å². The molecule has 6 atom stereocenters. The van der Waals surface area contributed by atoms with Gasteiger partial charge in [0.25, 0.3) is 0 Å². The summed E-state index contributed by atoms with van der Waals surface area (Å²) in [6, 6.07) is 28.6. The molecule has 3 heterocycles.